The van der Waals surface area contributed by atoms with Crippen LogP contribution >= 0.6 is 11.6 Å². The fraction of sp³-hybridized carbons (Fsp3) is 0.296. The van der Waals surface area contributed by atoms with E-state index in [0.29, 0.717) is 29.6 Å². The minimum absolute atomic E-state index is 0.0874. The zero-order valence-corrected chi connectivity index (χ0v) is 21.3. The lowest BCUT2D eigenvalue weighted by molar-refractivity contribution is 0.114. The van der Waals surface area contributed by atoms with E-state index < -0.39 is 6.10 Å². The van der Waals surface area contributed by atoms with Gasteiger partial charge in [-0.25, -0.2) is 0 Å². The number of halogens is 1. The third-order valence-corrected chi connectivity index (χ3v) is 7.52. The van der Waals surface area contributed by atoms with E-state index in [-0.39, 0.29) is 6.04 Å². The minimum atomic E-state index is -0.403. The lowest BCUT2D eigenvalue weighted by Crippen LogP contribution is -2.38. The number of fused-ring (bicyclic) bond motifs is 2. The molecule has 0 saturated carbocycles. The summed E-state index contributed by atoms with van der Waals surface area (Å²) < 4.78 is 2.03. The molecular formula is C27H28ClN7O. The molecule has 5 rings (SSSR count). The number of benzene rings is 2. The highest BCUT2D eigenvalue weighted by molar-refractivity contribution is 6.33. The van der Waals surface area contributed by atoms with Gasteiger partial charge in [-0.15, -0.1) is 5.10 Å². The number of rotatable bonds is 4. The summed E-state index contributed by atoms with van der Waals surface area (Å²) in [4.78, 5) is 6.30. The van der Waals surface area contributed by atoms with Crippen molar-refractivity contribution in [3.05, 3.63) is 70.5 Å². The summed E-state index contributed by atoms with van der Waals surface area (Å²) in [6, 6.07) is 18.0. The summed E-state index contributed by atoms with van der Waals surface area (Å²) in [7, 11) is 5.96. The van der Waals surface area contributed by atoms with Crippen LogP contribution in [0.5, 0.6) is 0 Å². The molecule has 2 aromatic carbocycles. The lowest BCUT2D eigenvalue weighted by atomic mass is 10.1. The van der Waals surface area contributed by atoms with E-state index >= 15 is 0 Å². The van der Waals surface area contributed by atoms with Crippen LogP contribution in [0, 0.1) is 11.3 Å². The molecule has 9 heteroatoms. The average molecular weight is 502 g/mol. The number of aliphatic hydroxyl groups excluding tert-OH is 1. The van der Waals surface area contributed by atoms with Crippen molar-refractivity contribution in [3.63, 3.8) is 0 Å². The Bertz CT molecular complexity index is 1390. The molecule has 0 bridgehead atoms. The molecule has 0 spiro atoms. The number of aromatic nitrogens is 1. The first-order valence-electron chi connectivity index (χ1n) is 11.7. The van der Waals surface area contributed by atoms with Gasteiger partial charge < -0.3 is 24.4 Å². The number of likely N-dealkylation sites (N-methyl/N-ethyl adjacent to an activating group) is 1. The monoisotopic (exact) mass is 501 g/mol. The first-order valence-corrected chi connectivity index (χ1v) is 12.1. The summed E-state index contributed by atoms with van der Waals surface area (Å²) in [5, 5.41) is 28.5. The molecule has 8 nitrogen and oxygen atoms in total. The van der Waals surface area contributed by atoms with Gasteiger partial charge in [-0.05, 0) is 61.6 Å². The number of nitrogens with zero attached hydrogens (tertiary/aromatic N) is 7. The zero-order chi connectivity index (χ0) is 25.6. The maximum Gasteiger partial charge on any atom is 0.179 e. The van der Waals surface area contributed by atoms with Crippen molar-refractivity contribution < 1.29 is 5.11 Å². The fourth-order valence-electron chi connectivity index (χ4n) is 5.14. The summed E-state index contributed by atoms with van der Waals surface area (Å²) in [5.74, 6) is 0.641. The zero-order valence-electron chi connectivity index (χ0n) is 20.6. The quantitative estimate of drug-likeness (QED) is 0.436. The third kappa shape index (κ3) is 4.05. The molecule has 3 heterocycles. The van der Waals surface area contributed by atoms with Gasteiger partial charge in [-0.3, -0.25) is 0 Å². The predicted molar refractivity (Wildman–Crippen MR) is 145 cm³/mol. The molecule has 2 aliphatic rings. The molecule has 0 radical (unpaired) electrons. The van der Waals surface area contributed by atoms with Crippen LogP contribution in [-0.4, -0.2) is 73.5 Å². The first kappa shape index (κ1) is 24.1. The van der Waals surface area contributed by atoms with Gasteiger partial charge in [0.1, 0.15) is 5.15 Å². The number of β-amino-alcohol motifs (C(OH)–C–C–N with tert-alkyl or cyclic N) is 1. The largest absolute Gasteiger partial charge is 0.390 e. The van der Waals surface area contributed by atoms with Gasteiger partial charge >= 0.3 is 0 Å². The molecule has 36 heavy (non-hydrogen) atoms. The van der Waals surface area contributed by atoms with Crippen molar-refractivity contribution in [1.82, 2.24) is 9.47 Å². The number of anilines is 2. The SMILES string of the molecule is C=N/N=C1/c2cc(-c3ccc(C#N)cc3)c(Cl)n2Cc2cc(N3C[C@@H](O)[C@H](N(C)C)C3)ccc2N1C. The number of aliphatic hydroxyl groups is 1. The Morgan fingerprint density at radius 2 is 1.89 bits per heavy atom. The Balaban J connectivity index is 1.58. The second-order valence-electron chi connectivity index (χ2n) is 9.45. The normalized spacial score (nSPS) is 20.3. The highest BCUT2D eigenvalue weighted by atomic mass is 35.5. The molecule has 2 atom stereocenters. The topological polar surface area (TPSA) is 83.4 Å². The fourth-order valence-corrected chi connectivity index (χ4v) is 5.46. The molecule has 1 aromatic heterocycles. The average Bonchev–Trinajstić information content (AvgIpc) is 3.39. The van der Waals surface area contributed by atoms with Gasteiger partial charge in [0.05, 0.1) is 36.0 Å². The second kappa shape index (κ2) is 9.43. The van der Waals surface area contributed by atoms with E-state index in [1.165, 1.54) is 0 Å². The molecule has 0 amide bonds. The molecular weight excluding hydrogens is 474 g/mol. The van der Waals surface area contributed by atoms with Crippen LogP contribution < -0.4 is 9.80 Å². The number of amidine groups is 1. The summed E-state index contributed by atoms with van der Waals surface area (Å²) in [6.07, 6.45) is -0.403. The van der Waals surface area contributed by atoms with Gasteiger partial charge in [-0.1, -0.05) is 23.7 Å². The van der Waals surface area contributed by atoms with Crippen LogP contribution in [0.2, 0.25) is 5.15 Å². The smallest absolute Gasteiger partial charge is 0.179 e. The summed E-state index contributed by atoms with van der Waals surface area (Å²) in [6.45, 7) is 5.47. The van der Waals surface area contributed by atoms with E-state index in [9.17, 15) is 5.11 Å². The third-order valence-electron chi connectivity index (χ3n) is 7.11. The van der Waals surface area contributed by atoms with E-state index in [4.69, 9.17) is 16.9 Å². The molecule has 0 aliphatic carbocycles. The van der Waals surface area contributed by atoms with E-state index in [1.54, 1.807) is 12.1 Å². The maximum absolute atomic E-state index is 10.6. The molecule has 184 valence electrons. The molecule has 0 unspecified atom stereocenters. The highest BCUT2D eigenvalue weighted by Gasteiger charge is 2.34. The van der Waals surface area contributed by atoms with Crippen molar-refractivity contribution in [3.8, 4) is 17.2 Å². The van der Waals surface area contributed by atoms with Gasteiger partial charge in [0, 0.05) is 43.8 Å². The molecule has 1 N–H and O–H groups in total. The highest BCUT2D eigenvalue weighted by Crippen LogP contribution is 2.38. The van der Waals surface area contributed by atoms with Crippen molar-refractivity contribution >= 4 is 35.5 Å². The van der Waals surface area contributed by atoms with Gasteiger partial charge in [-0.2, -0.15) is 10.4 Å². The van der Waals surface area contributed by atoms with E-state index in [1.807, 2.05) is 48.8 Å². The van der Waals surface area contributed by atoms with Crippen LogP contribution in [0.15, 0.2) is 58.7 Å². The second-order valence-corrected chi connectivity index (χ2v) is 9.81. The van der Waals surface area contributed by atoms with Crippen molar-refractivity contribution in [2.45, 2.75) is 18.7 Å². The van der Waals surface area contributed by atoms with E-state index in [0.717, 1.165) is 40.3 Å². The standard InChI is InChI=1S/C27H28ClN7O/c1-30-31-27-23-12-21(18-7-5-17(13-29)6-8-18)26(28)35(23)14-19-11-20(9-10-22(19)33(27)4)34-15-24(32(2)3)25(36)16-34/h5-12,24-25,36H,1,14-16H2,2-4H3/b31-27-/t24-,25-/m1/s1. The summed E-state index contributed by atoms with van der Waals surface area (Å²) >= 11 is 6.97. The van der Waals surface area contributed by atoms with Crippen LogP contribution in [0.1, 0.15) is 16.8 Å². The van der Waals surface area contributed by atoms with Crippen LogP contribution in [0.3, 0.4) is 0 Å². The van der Waals surface area contributed by atoms with Crippen molar-refractivity contribution in [1.29, 1.82) is 5.26 Å². The molecule has 1 fully saturated rings. The van der Waals surface area contributed by atoms with Gasteiger partial charge in [0.25, 0.3) is 0 Å². The Kier molecular flexibility index (Phi) is 6.31. The first-order chi connectivity index (χ1) is 17.3. The lowest BCUT2D eigenvalue weighted by Gasteiger charge is -2.24. The van der Waals surface area contributed by atoms with Crippen LogP contribution in [0.4, 0.5) is 11.4 Å². The molecule has 1 saturated heterocycles. The minimum Gasteiger partial charge on any atom is -0.390 e. The van der Waals surface area contributed by atoms with Gasteiger partial charge in [0.15, 0.2) is 5.84 Å². The van der Waals surface area contributed by atoms with Crippen LogP contribution in [0.25, 0.3) is 11.1 Å². The summed E-state index contributed by atoms with van der Waals surface area (Å²) in [5.41, 5.74) is 6.35. The Hall–Kier alpha value is -3.64. The number of nitriles is 1. The van der Waals surface area contributed by atoms with Crippen molar-refractivity contribution in [2.24, 2.45) is 10.2 Å². The van der Waals surface area contributed by atoms with E-state index in [2.05, 4.69) is 51.0 Å². The van der Waals surface area contributed by atoms with Crippen LogP contribution in [-0.2, 0) is 6.54 Å². The number of hydrogen-bond donors (Lipinski definition) is 1. The number of hydrogen-bond acceptors (Lipinski definition) is 6. The molecule has 2 aliphatic heterocycles. The molecule has 3 aromatic rings. The Labute approximate surface area is 215 Å². The predicted octanol–water partition coefficient (Wildman–Crippen LogP) is 3.65. The Morgan fingerprint density at radius 3 is 2.53 bits per heavy atom. The Morgan fingerprint density at radius 1 is 1.14 bits per heavy atom. The van der Waals surface area contributed by atoms with Crippen molar-refractivity contribution in [2.75, 3.05) is 44.0 Å². The van der Waals surface area contributed by atoms with Gasteiger partial charge in [0.2, 0.25) is 0 Å². The maximum atomic E-state index is 10.6.